The number of aromatic amines is 1. The van der Waals surface area contributed by atoms with Crippen LogP contribution < -0.4 is 14.8 Å². The lowest BCUT2D eigenvalue weighted by Crippen LogP contribution is -2.30. The molecule has 26 heavy (non-hydrogen) atoms. The number of benzene rings is 2. The highest BCUT2D eigenvalue weighted by atomic mass is 35.5. The van der Waals surface area contributed by atoms with Crippen LogP contribution in [0.4, 0.5) is 0 Å². The van der Waals surface area contributed by atoms with E-state index in [1.54, 1.807) is 25.3 Å². The van der Waals surface area contributed by atoms with E-state index in [9.17, 15) is 4.79 Å². The van der Waals surface area contributed by atoms with Crippen LogP contribution in [0.3, 0.4) is 0 Å². The fraction of sp³-hybridized carbons (Fsp3) is 0.222. The maximum absolute atomic E-state index is 11.9. The van der Waals surface area contributed by atoms with Gasteiger partial charge in [0.1, 0.15) is 17.3 Å². The fourth-order valence-electron chi connectivity index (χ4n) is 2.39. The lowest BCUT2D eigenvalue weighted by atomic mass is 10.3. The zero-order valence-corrected chi connectivity index (χ0v) is 15.5. The van der Waals surface area contributed by atoms with Gasteiger partial charge in [-0.2, -0.15) is 0 Å². The number of halogens is 2. The third-order valence-corrected chi connectivity index (χ3v) is 4.21. The normalized spacial score (nSPS) is 10.7. The summed E-state index contributed by atoms with van der Waals surface area (Å²) in [5.41, 5.74) is 1.75. The number of carbonyl (C=O) groups is 1. The van der Waals surface area contributed by atoms with Gasteiger partial charge < -0.3 is 19.8 Å². The van der Waals surface area contributed by atoms with E-state index in [1.165, 1.54) is 0 Å². The minimum atomic E-state index is -0.242. The average Bonchev–Trinajstić information content (AvgIpc) is 3.02. The van der Waals surface area contributed by atoms with Crippen LogP contribution in [0.15, 0.2) is 36.4 Å². The van der Waals surface area contributed by atoms with E-state index < -0.39 is 0 Å². The number of ether oxygens (including phenoxy) is 2. The molecule has 8 heteroatoms. The van der Waals surface area contributed by atoms with Gasteiger partial charge in [-0.3, -0.25) is 4.79 Å². The second-order valence-corrected chi connectivity index (χ2v) is 6.37. The van der Waals surface area contributed by atoms with Crippen molar-refractivity contribution in [2.24, 2.45) is 0 Å². The van der Waals surface area contributed by atoms with E-state index in [0.717, 1.165) is 22.6 Å². The number of nitrogens with one attached hydrogen (secondary N) is 2. The van der Waals surface area contributed by atoms with Gasteiger partial charge in [-0.25, -0.2) is 4.98 Å². The van der Waals surface area contributed by atoms with Gasteiger partial charge in [0.05, 0.1) is 23.2 Å². The number of H-pyrrole nitrogens is 1. The predicted octanol–water partition coefficient (Wildman–Crippen LogP) is 3.62. The molecule has 0 spiro atoms. The van der Waals surface area contributed by atoms with E-state index in [2.05, 4.69) is 15.3 Å². The van der Waals surface area contributed by atoms with Gasteiger partial charge in [0.25, 0.3) is 5.91 Å². The smallest absolute Gasteiger partial charge is 0.257 e. The molecule has 0 unspecified atom stereocenters. The molecule has 0 saturated heterocycles. The lowest BCUT2D eigenvalue weighted by Gasteiger charge is -2.08. The number of nitrogens with zero attached hydrogens (tertiary/aromatic N) is 1. The number of amides is 1. The molecule has 2 N–H and O–H groups in total. The van der Waals surface area contributed by atoms with Crippen LogP contribution >= 0.6 is 23.2 Å². The molecular weight excluding hydrogens is 377 g/mol. The van der Waals surface area contributed by atoms with Crippen molar-refractivity contribution in [3.63, 3.8) is 0 Å². The molecule has 0 radical (unpaired) electrons. The standard InChI is InChI=1S/C18H17Cl2N3O3/c1-25-12-3-4-14-15(9-12)23-17(22-14)6-7-21-18(24)10-26-16-5-2-11(19)8-13(16)20/h2-5,8-9H,6-7,10H2,1H3,(H,21,24)(H,22,23). The third-order valence-electron chi connectivity index (χ3n) is 3.67. The van der Waals surface area contributed by atoms with Crippen molar-refractivity contribution in [3.8, 4) is 11.5 Å². The lowest BCUT2D eigenvalue weighted by molar-refractivity contribution is -0.123. The van der Waals surface area contributed by atoms with Crippen LogP contribution in [-0.4, -0.2) is 36.1 Å². The summed E-state index contributed by atoms with van der Waals surface area (Å²) in [5, 5.41) is 3.65. The Bertz CT molecular complexity index is 927. The number of hydrogen-bond donors (Lipinski definition) is 2. The molecule has 0 aliphatic rings. The monoisotopic (exact) mass is 393 g/mol. The Kier molecular flexibility index (Phi) is 5.85. The van der Waals surface area contributed by atoms with Gasteiger partial charge in [0, 0.05) is 24.1 Å². The van der Waals surface area contributed by atoms with Gasteiger partial charge in [0.2, 0.25) is 0 Å². The summed E-state index contributed by atoms with van der Waals surface area (Å²) < 4.78 is 10.6. The van der Waals surface area contributed by atoms with Crippen molar-refractivity contribution >= 4 is 40.1 Å². The summed E-state index contributed by atoms with van der Waals surface area (Å²) in [6.45, 7) is 0.312. The molecule has 1 amide bonds. The summed E-state index contributed by atoms with van der Waals surface area (Å²) in [5.74, 6) is 1.72. The molecule has 3 aromatic rings. The molecule has 1 aromatic heterocycles. The molecule has 3 rings (SSSR count). The predicted molar refractivity (Wildman–Crippen MR) is 101 cm³/mol. The minimum Gasteiger partial charge on any atom is -0.497 e. The molecule has 2 aromatic carbocycles. The Balaban J connectivity index is 1.47. The molecule has 6 nitrogen and oxygen atoms in total. The number of hydrogen-bond acceptors (Lipinski definition) is 4. The molecule has 0 fully saturated rings. The first-order valence-electron chi connectivity index (χ1n) is 7.92. The summed E-state index contributed by atoms with van der Waals surface area (Å²) >= 11 is 11.8. The Morgan fingerprint density at radius 3 is 2.85 bits per heavy atom. The van der Waals surface area contributed by atoms with Crippen LogP contribution in [-0.2, 0) is 11.2 Å². The van der Waals surface area contributed by atoms with Crippen LogP contribution in [0, 0.1) is 0 Å². The molecule has 0 aliphatic heterocycles. The highest BCUT2D eigenvalue weighted by Crippen LogP contribution is 2.27. The largest absolute Gasteiger partial charge is 0.497 e. The van der Waals surface area contributed by atoms with E-state index >= 15 is 0 Å². The molecule has 0 bridgehead atoms. The van der Waals surface area contributed by atoms with Crippen LogP contribution in [0.1, 0.15) is 5.82 Å². The first kappa shape index (κ1) is 18.4. The first-order valence-corrected chi connectivity index (χ1v) is 8.68. The fourth-order valence-corrected chi connectivity index (χ4v) is 2.86. The average molecular weight is 394 g/mol. The van der Waals surface area contributed by atoms with Crippen molar-refractivity contribution in [1.29, 1.82) is 0 Å². The number of rotatable bonds is 7. The van der Waals surface area contributed by atoms with Gasteiger partial charge in [-0.05, 0) is 30.3 Å². The van der Waals surface area contributed by atoms with Crippen molar-refractivity contribution in [3.05, 3.63) is 52.3 Å². The topological polar surface area (TPSA) is 76.2 Å². The van der Waals surface area contributed by atoms with E-state index in [4.69, 9.17) is 32.7 Å². The van der Waals surface area contributed by atoms with Crippen LogP contribution in [0.25, 0.3) is 11.0 Å². The van der Waals surface area contributed by atoms with Crippen LogP contribution in [0.2, 0.25) is 10.0 Å². The number of aromatic nitrogens is 2. The Morgan fingerprint density at radius 2 is 2.08 bits per heavy atom. The Morgan fingerprint density at radius 1 is 1.23 bits per heavy atom. The van der Waals surface area contributed by atoms with Gasteiger partial charge in [0.15, 0.2) is 6.61 Å². The number of methoxy groups -OCH3 is 1. The van der Waals surface area contributed by atoms with E-state index in [-0.39, 0.29) is 12.5 Å². The van der Waals surface area contributed by atoms with Crippen molar-refractivity contribution in [2.45, 2.75) is 6.42 Å². The first-order chi connectivity index (χ1) is 12.5. The second-order valence-electron chi connectivity index (χ2n) is 5.53. The van der Waals surface area contributed by atoms with Gasteiger partial charge >= 0.3 is 0 Å². The van der Waals surface area contributed by atoms with Gasteiger partial charge in [-0.1, -0.05) is 23.2 Å². The maximum atomic E-state index is 11.9. The molecular formula is C18H17Cl2N3O3. The highest BCUT2D eigenvalue weighted by Gasteiger charge is 2.08. The zero-order valence-electron chi connectivity index (χ0n) is 14.0. The van der Waals surface area contributed by atoms with Crippen molar-refractivity contribution in [2.75, 3.05) is 20.3 Å². The molecule has 136 valence electrons. The molecule has 0 aliphatic carbocycles. The van der Waals surface area contributed by atoms with Gasteiger partial charge in [-0.15, -0.1) is 0 Å². The summed E-state index contributed by atoms with van der Waals surface area (Å²) in [6, 6.07) is 10.5. The summed E-state index contributed by atoms with van der Waals surface area (Å²) in [7, 11) is 1.62. The molecule has 0 saturated carbocycles. The Hall–Kier alpha value is -2.44. The number of fused-ring (bicyclic) bond motifs is 1. The van der Waals surface area contributed by atoms with E-state index in [1.807, 2.05) is 18.2 Å². The maximum Gasteiger partial charge on any atom is 0.257 e. The zero-order chi connectivity index (χ0) is 18.5. The molecule has 1 heterocycles. The third kappa shape index (κ3) is 4.59. The minimum absolute atomic E-state index is 0.126. The van der Waals surface area contributed by atoms with Crippen LogP contribution in [0.5, 0.6) is 11.5 Å². The second kappa shape index (κ2) is 8.29. The highest BCUT2D eigenvalue weighted by molar-refractivity contribution is 6.35. The van der Waals surface area contributed by atoms with Crippen molar-refractivity contribution < 1.29 is 14.3 Å². The molecule has 0 atom stereocenters. The summed E-state index contributed by atoms with van der Waals surface area (Å²) in [6.07, 6.45) is 0.574. The SMILES string of the molecule is COc1ccc2nc(CCNC(=O)COc3ccc(Cl)cc3Cl)[nH]c2c1. The number of carbonyl (C=O) groups excluding carboxylic acids is 1. The summed E-state index contributed by atoms with van der Waals surface area (Å²) in [4.78, 5) is 19.6. The van der Waals surface area contributed by atoms with E-state index in [0.29, 0.717) is 28.8 Å². The quantitative estimate of drug-likeness (QED) is 0.642. The Labute approximate surface area is 160 Å². The van der Waals surface area contributed by atoms with Crippen molar-refractivity contribution in [1.82, 2.24) is 15.3 Å². The number of imidazole rings is 1.